The fraction of sp³-hybridized carbons (Fsp3) is 0.889. The molecule has 0 radical (unpaired) electrons. The van der Waals surface area contributed by atoms with Gasteiger partial charge in [-0.15, -0.1) is 0 Å². The highest BCUT2D eigenvalue weighted by Gasteiger charge is 2.37. The molecule has 3 aliphatic rings. The normalized spacial score (nSPS) is 26.2. The third-order valence-electron chi connectivity index (χ3n) is 5.34. The van der Waals surface area contributed by atoms with Crippen LogP contribution in [0.25, 0.3) is 0 Å². The molecule has 24 heavy (non-hydrogen) atoms. The number of nitrogens with zero attached hydrogens (tertiary/aromatic N) is 3. The molecular weight excluding hydrogens is 304 g/mol. The molecule has 1 atom stereocenters. The van der Waals surface area contributed by atoms with Gasteiger partial charge in [-0.25, -0.2) is 4.79 Å². The number of rotatable bonds is 2. The Balaban J connectivity index is 1.50. The van der Waals surface area contributed by atoms with Crippen molar-refractivity contribution in [1.29, 1.82) is 0 Å². The van der Waals surface area contributed by atoms with Crippen LogP contribution in [0.5, 0.6) is 0 Å². The molecule has 0 aromatic carbocycles. The van der Waals surface area contributed by atoms with Crippen LogP contribution < -0.4 is 5.32 Å². The third kappa shape index (κ3) is 3.95. The first-order valence-corrected chi connectivity index (χ1v) is 9.29. The summed E-state index contributed by atoms with van der Waals surface area (Å²) in [6.07, 6.45) is 5.11. The SMILES string of the molecule is CC1(CNC2=NCC3CN(C(=O)OC(C)(C)C)CCN23)CCCC1. The van der Waals surface area contributed by atoms with Crippen molar-refractivity contribution < 1.29 is 9.53 Å². The monoisotopic (exact) mass is 336 g/mol. The van der Waals surface area contributed by atoms with Gasteiger partial charge in [0.15, 0.2) is 5.96 Å². The lowest BCUT2D eigenvalue weighted by atomic mass is 9.89. The largest absolute Gasteiger partial charge is 0.444 e. The van der Waals surface area contributed by atoms with E-state index >= 15 is 0 Å². The molecule has 6 nitrogen and oxygen atoms in total. The number of piperazine rings is 1. The number of carbonyl (C=O) groups is 1. The molecule has 1 amide bonds. The average Bonchev–Trinajstić information content (AvgIpc) is 3.09. The summed E-state index contributed by atoms with van der Waals surface area (Å²) >= 11 is 0. The van der Waals surface area contributed by atoms with E-state index in [0.29, 0.717) is 18.5 Å². The Morgan fingerprint density at radius 1 is 1.33 bits per heavy atom. The fourth-order valence-electron chi connectivity index (χ4n) is 3.92. The molecule has 2 aliphatic heterocycles. The molecule has 1 aliphatic carbocycles. The highest BCUT2D eigenvalue weighted by atomic mass is 16.6. The van der Waals surface area contributed by atoms with Crippen LogP contribution >= 0.6 is 0 Å². The second kappa shape index (κ2) is 6.45. The molecule has 1 N–H and O–H groups in total. The highest BCUT2D eigenvalue weighted by molar-refractivity contribution is 5.82. The van der Waals surface area contributed by atoms with Crippen molar-refractivity contribution in [1.82, 2.24) is 15.1 Å². The Bertz CT molecular complexity index is 506. The molecular formula is C18H32N4O2. The summed E-state index contributed by atoms with van der Waals surface area (Å²) in [5.74, 6) is 1.02. The lowest BCUT2D eigenvalue weighted by Gasteiger charge is -2.39. The first-order valence-electron chi connectivity index (χ1n) is 9.29. The average molecular weight is 336 g/mol. The van der Waals surface area contributed by atoms with E-state index in [1.807, 2.05) is 25.7 Å². The van der Waals surface area contributed by atoms with Crippen molar-refractivity contribution in [2.45, 2.75) is 65.0 Å². The Morgan fingerprint density at radius 2 is 2.04 bits per heavy atom. The number of nitrogens with one attached hydrogen (secondary N) is 1. The van der Waals surface area contributed by atoms with E-state index in [0.717, 1.165) is 25.6 Å². The van der Waals surface area contributed by atoms with Gasteiger partial charge in [0.2, 0.25) is 0 Å². The molecule has 2 fully saturated rings. The Morgan fingerprint density at radius 3 is 2.71 bits per heavy atom. The van der Waals surface area contributed by atoms with Crippen molar-refractivity contribution >= 4 is 12.1 Å². The number of guanidine groups is 1. The number of ether oxygens (including phenoxy) is 1. The molecule has 1 saturated heterocycles. The number of fused-ring (bicyclic) bond motifs is 1. The maximum Gasteiger partial charge on any atom is 0.410 e. The predicted molar refractivity (Wildman–Crippen MR) is 95.2 cm³/mol. The standard InChI is InChI=1S/C18H32N4O2/c1-17(2,3)24-16(23)21-9-10-22-14(12-21)11-19-15(22)20-13-18(4)7-5-6-8-18/h14H,5-13H2,1-4H3,(H,19,20). The van der Waals surface area contributed by atoms with E-state index in [9.17, 15) is 4.79 Å². The number of hydrogen-bond acceptors (Lipinski definition) is 5. The summed E-state index contributed by atoms with van der Waals surface area (Å²) in [6.45, 7) is 12.1. The van der Waals surface area contributed by atoms with Gasteiger partial charge in [-0.1, -0.05) is 19.8 Å². The van der Waals surface area contributed by atoms with Crippen LogP contribution in [-0.4, -0.2) is 66.2 Å². The number of aliphatic imine (C=N–C) groups is 1. The van der Waals surface area contributed by atoms with E-state index in [1.54, 1.807) is 0 Å². The molecule has 2 heterocycles. The van der Waals surface area contributed by atoms with Gasteiger partial charge in [0.25, 0.3) is 0 Å². The zero-order chi connectivity index (χ0) is 17.4. The van der Waals surface area contributed by atoms with E-state index in [-0.39, 0.29) is 12.1 Å². The molecule has 1 saturated carbocycles. The van der Waals surface area contributed by atoms with Crippen LogP contribution in [0.1, 0.15) is 53.4 Å². The van der Waals surface area contributed by atoms with Crippen LogP contribution in [0.2, 0.25) is 0 Å². The van der Waals surface area contributed by atoms with Crippen LogP contribution in [0.3, 0.4) is 0 Å². The van der Waals surface area contributed by atoms with Crippen molar-refractivity contribution in [3.63, 3.8) is 0 Å². The van der Waals surface area contributed by atoms with Gasteiger partial charge in [0.05, 0.1) is 12.6 Å². The van der Waals surface area contributed by atoms with Gasteiger partial charge in [-0.2, -0.15) is 0 Å². The maximum absolute atomic E-state index is 12.3. The van der Waals surface area contributed by atoms with E-state index in [2.05, 4.69) is 17.1 Å². The van der Waals surface area contributed by atoms with Crippen LogP contribution in [0.15, 0.2) is 4.99 Å². The minimum Gasteiger partial charge on any atom is -0.444 e. The second-order valence-electron chi connectivity index (χ2n) is 8.81. The van der Waals surface area contributed by atoms with Crippen LogP contribution in [0, 0.1) is 5.41 Å². The zero-order valence-electron chi connectivity index (χ0n) is 15.6. The molecule has 136 valence electrons. The number of carbonyl (C=O) groups excluding carboxylic acids is 1. The first kappa shape index (κ1) is 17.4. The van der Waals surface area contributed by atoms with E-state index < -0.39 is 5.60 Å². The van der Waals surface area contributed by atoms with Gasteiger partial charge >= 0.3 is 6.09 Å². The summed E-state index contributed by atoms with van der Waals surface area (Å²) in [5, 5.41) is 3.59. The molecule has 0 aromatic rings. The summed E-state index contributed by atoms with van der Waals surface area (Å²) in [6, 6.07) is 0.283. The molecule has 0 bridgehead atoms. The molecule has 0 aromatic heterocycles. The Hall–Kier alpha value is -1.46. The Kier molecular flexibility index (Phi) is 4.67. The number of hydrogen-bond donors (Lipinski definition) is 1. The van der Waals surface area contributed by atoms with Crippen LogP contribution in [0.4, 0.5) is 4.79 Å². The fourth-order valence-corrected chi connectivity index (χ4v) is 3.92. The molecule has 3 rings (SSSR count). The third-order valence-corrected chi connectivity index (χ3v) is 5.34. The first-order chi connectivity index (χ1) is 11.3. The summed E-state index contributed by atoms with van der Waals surface area (Å²) in [5.41, 5.74) is -0.0250. The van der Waals surface area contributed by atoms with Gasteiger partial charge in [0, 0.05) is 26.2 Å². The van der Waals surface area contributed by atoms with Crippen molar-refractivity contribution in [2.24, 2.45) is 10.4 Å². The van der Waals surface area contributed by atoms with Crippen molar-refractivity contribution in [3.05, 3.63) is 0 Å². The predicted octanol–water partition coefficient (Wildman–Crippen LogP) is 2.45. The van der Waals surface area contributed by atoms with Gasteiger partial charge in [-0.3, -0.25) is 4.99 Å². The Labute approximate surface area is 145 Å². The second-order valence-corrected chi connectivity index (χ2v) is 8.81. The van der Waals surface area contributed by atoms with Crippen molar-refractivity contribution in [2.75, 3.05) is 32.7 Å². The summed E-state index contributed by atoms with van der Waals surface area (Å²) < 4.78 is 5.50. The lowest BCUT2D eigenvalue weighted by Crippen LogP contribution is -2.58. The smallest absolute Gasteiger partial charge is 0.410 e. The molecule has 0 spiro atoms. The van der Waals surface area contributed by atoms with Crippen molar-refractivity contribution in [3.8, 4) is 0 Å². The number of amides is 1. The highest BCUT2D eigenvalue weighted by Crippen LogP contribution is 2.36. The minimum absolute atomic E-state index is 0.206. The maximum atomic E-state index is 12.3. The van der Waals surface area contributed by atoms with Crippen LogP contribution in [-0.2, 0) is 4.74 Å². The topological polar surface area (TPSA) is 57.2 Å². The summed E-state index contributed by atoms with van der Waals surface area (Å²) in [7, 11) is 0. The quantitative estimate of drug-likeness (QED) is 0.841. The lowest BCUT2D eigenvalue weighted by molar-refractivity contribution is 0.0137. The van der Waals surface area contributed by atoms with Gasteiger partial charge in [-0.05, 0) is 39.0 Å². The summed E-state index contributed by atoms with van der Waals surface area (Å²) in [4.78, 5) is 21.1. The van der Waals surface area contributed by atoms with E-state index in [1.165, 1.54) is 25.7 Å². The molecule has 1 unspecified atom stereocenters. The van der Waals surface area contributed by atoms with E-state index in [4.69, 9.17) is 9.73 Å². The molecule has 6 heteroatoms. The minimum atomic E-state index is -0.441. The van der Waals surface area contributed by atoms with Gasteiger partial charge < -0.3 is 19.9 Å². The zero-order valence-corrected chi connectivity index (χ0v) is 15.6. The van der Waals surface area contributed by atoms with Gasteiger partial charge in [0.1, 0.15) is 5.60 Å².